The van der Waals surface area contributed by atoms with Crippen LogP contribution in [0.5, 0.6) is 5.75 Å². The Balaban J connectivity index is 1.81. The maximum Gasteiger partial charge on any atom is 0.257 e. The van der Waals surface area contributed by atoms with Crippen molar-refractivity contribution >= 4 is 55.8 Å². The SMILES string of the molecule is CCOc1ccc(C(=O)Nc2nc3ccc(Cl)cc3s2)cc1Cl. The molecule has 1 amide bonds. The van der Waals surface area contributed by atoms with Gasteiger partial charge in [0.1, 0.15) is 5.75 Å². The van der Waals surface area contributed by atoms with Gasteiger partial charge in [0, 0.05) is 10.6 Å². The number of aromatic nitrogens is 1. The summed E-state index contributed by atoms with van der Waals surface area (Å²) in [7, 11) is 0. The van der Waals surface area contributed by atoms with E-state index in [-0.39, 0.29) is 5.91 Å². The fourth-order valence-corrected chi connectivity index (χ4v) is 3.41. The number of thiazole rings is 1. The maximum absolute atomic E-state index is 12.3. The van der Waals surface area contributed by atoms with E-state index in [4.69, 9.17) is 27.9 Å². The molecule has 3 aromatic rings. The Morgan fingerprint density at radius 1 is 1.26 bits per heavy atom. The molecule has 118 valence electrons. The monoisotopic (exact) mass is 366 g/mol. The van der Waals surface area contributed by atoms with Gasteiger partial charge in [0.15, 0.2) is 5.13 Å². The maximum atomic E-state index is 12.3. The van der Waals surface area contributed by atoms with Gasteiger partial charge in [0.25, 0.3) is 5.91 Å². The second-order valence-electron chi connectivity index (χ2n) is 4.66. The second-order valence-corrected chi connectivity index (χ2v) is 6.54. The first-order valence-corrected chi connectivity index (χ1v) is 8.44. The Labute approximate surface area is 147 Å². The van der Waals surface area contributed by atoms with Crippen LogP contribution in [0.25, 0.3) is 10.2 Å². The van der Waals surface area contributed by atoms with E-state index in [0.29, 0.717) is 33.1 Å². The summed E-state index contributed by atoms with van der Waals surface area (Å²) in [5.74, 6) is 0.278. The molecule has 0 spiro atoms. The van der Waals surface area contributed by atoms with Gasteiger partial charge in [0.05, 0.1) is 21.8 Å². The van der Waals surface area contributed by atoms with Gasteiger partial charge in [-0.1, -0.05) is 34.5 Å². The molecule has 0 aliphatic carbocycles. The van der Waals surface area contributed by atoms with Crippen LogP contribution in [0.2, 0.25) is 10.0 Å². The van der Waals surface area contributed by atoms with Crippen LogP contribution in [-0.4, -0.2) is 17.5 Å². The molecule has 0 saturated heterocycles. The van der Waals surface area contributed by atoms with Crippen molar-refractivity contribution in [3.63, 3.8) is 0 Å². The van der Waals surface area contributed by atoms with Crippen LogP contribution in [0, 0.1) is 0 Å². The summed E-state index contributed by atoms with van der Waals surface area (Å²) in [5, 5.41) is 4.32. The number of fused-ring (bicyclic) bond motifs is 1. The van der Waals surface area contributed by atoms with Gasteiger partial charge in [0.2, 0.25) is 0 Å². The van der Waals surface area contributed by atoms with E-state index >= 15 is 0 Å². The average molecular weight is 367 g/mol. The Kier molecular flexibility index (Phi) is 4.71. The standard InChI is InChI=1S/C16H12Cl2N2O2S/c1-2-22-13-6-3-9(7-11(13)18)15(21)20-16-19-12-5-4-10(17)8-14(12)23-16/h3-8H,2H2,1H3,(H,19,20,21). The van der Waals surface area contributed by atoms with E-state index in [1.165, 1.54) is 11.3 Å². The van der Waals surface area contributed by atoms with Gasteiger partial charge in [-0.15, -0.1) is 0 Å². The largest absolute Gasteiger partial charge is 0.492 e. The van der Waals surface area contributed by atoms with E-state index in [9.17, 15) is 4.79 Å². The number of carbonyl (C=O) groups is 1. The smallest absolute Gasteiger partial charge is 0.257 e. The third-order valence-electron chi connectivity index (χ3n) is 3.06. The number of rotatable bonds is 4. The quantitative estimate of drug-likeness (QED) is 0.685. The second kappa shape index (κ2) is 6.74. The molecule has 0 unspecified atom stereocenters. The zero-order valence-corrected chi connectivity index (χ0v) is 14.4. The molecule has 0 aliphatic heterocycles. The molecule has 23 heavy (non-hydrogen) atoms. The van der Waals surface area contributed by atoms with Crippen molar-refractivity contribution in [2.24, 2.45) is 0 Å². The van der Waals surface area contributed by atoms with E-state index in [1.54, 1.807) is 24.3 Å². The lowest BCUT2D eigenvalue weighted by molar-refractivity contribution is 0.102. The van der Waals surface area contributed by atoms with Gasteiger partial charge in [-0.3, -0.25) is 10.1 Å². The van der Waals surface area contributed by atoms with Gasteiger partial charge < -0.3 is 4.74 Å². The summed E-state index contributed by atoms with van der Waals surface area (Å²) in [4.78, 5) is 16.7. The highest BCUT2D eigenvalue weighted by Gasteiger charge is 2.12. The molecule has 1 heterocycles. The molecular formula is C16H12Cl2N2O2S. The molecule has 1 aromatic heterocycles. The van der Waals surface area contributed by atoms with Crippen LogP contribution in [0.4, 0.5) is 5.13 Å². The number of carbonyl (C=O) groups excluding carboxylic acids is 1. The number of hydrogen-bond donors (Lipinski definition) is 1. The predicted octanol–water partition coefficient (Wildman–Crippen LogP) is 5.25. The van der Waals surface area contributed by atoms with E-state index < -0.39 is 0 Å². The van der Waals surface area contributed by atoms with Crippen molar-refractivity contribution in [3.8, 4) is 5.75 Å². The number of hydrogen-bond acceptors (Lipinski definition) is 4. The number of nitrogens with one attached hydrogen (secondary N) is 1. The molecule has 0 aliphatic rings. The minimum atomic E-state index is -0.278. The van der Waals surface area contributed by atoms with Crippen molar-refractivity contribution in [1.29, 1.82) is 0 Å². The summed E-state index contributed by atoms with van der Waals surface area (Å²) in [6.07, 6.45) is 0. The van der Waals surface area contributed by atoms with Crippen LogP contribution < -0.4 is 10.1 Å². The van der Waals surface area contributed by atoms with E-state index in [0.717, 1.165) is 10.2 Å². The Hall–Kier alpha value is -1.82. The fraction of sp³-hybridized carbons (Fsp3) is 0.125. The molecule has 0 atom stereocenters. The van der Waals surface area contributed by atoms with Gasteiger partial charge in [-0.05, 0) is 43.3 Å². The molecule has 0 saturated carbocycles. The number of benzene rings is 2. The molecular weight excluding hydrogens is 355 g/mol. The van der Waals surface area contributed by atoms with Crippen LogP contribution >= 0.6 is 34.5 Å². The topological polar surface area (TPSA) is 51.2 Å². The molecule has 0 radical (unpaired) electrons. The van der Waals surface area contributed by atoms with Crippen molar-refractivity contribution in [2.45, 2.75) is 6.92 Å². The normalized spacial score (nSPS) is 10.7. The number of anilines is 1. The molecule has 2 aromatic carbocycles. The van der Waals surface area contributed by atoms with Crippen molar-refractivity contribution in [1.82, 2.24) is 4.98 Å². The Morgan fingerprint density at radius 3 is 2.83 bits per heavy atom. The van der Waals surface area contributed by atoms with Crippen LogP contribution in [-0.2, 0) is 0 Å². The lowest BCUT2D eigenvalue weighted by Gasteiger charge is -2.07. The first-order chi connectivity index (χ1) is 11.1. The number of ether oxygens (including phenoxy) is 1. The molecule has 7 heteroatoms. The zero-order chi connectivity index (χ0) is 16.4. The summed E-state index contributed by atoms with van der Waals surface area (Å²) in [5.41, 5.74) is 1.23. The van der Waals surface area contributed by atoms with Crippen LogP contribution in [0.15, 0.2) is 36.4 Å². The predicted molar refractivity (Wildman–Crippen MR) is 95.2 cm³/mol. The molecule has 3 rings (SSSR count). The zero-order valence-electron chi connectivity index (χ0n) is 12.1. The third kappa shape index (κ3) is 3.58. The van der Waals surface area contributed by atoms with Crippen molar-refractivity contribution in [3.05, 3.63) is 52.0 Å². The van der Waals surface area contributed by atoms with Crippen LogP contribution in [0.1, 0.15) is 17.3 Å². The summed E-state index contributed by atoms with van der Waals surface area (Å²) in [6.45, 7) is 2.38. The van der Waals surface area contributed by atoms with E-state index in [2.05, 4.69) is 10.3 Å². The number of nitrogens with zero attached hydrogens (tertiary/aromatic N) is 1. The highest BCUT2D eigenvalue weighted by Crippen LogP contribution is 2.29. The average Bonchev–Trinajstić information content (AvgIpc) is 2.90. The van der Waals surface area contributed by atoms with Crippen molar-refractivity contribution < 1.29 is 9.53 Å². The van der Waals surface area contributed by atoms with Gasteiger partial charge in [-0.25, -0.2) is 4.98 Å². The first kappa shape index (κ1) is 16.1. The summed E-state index contributed by atoms with van der Waals surface area (Å²) < 4.78 is 6.27. The van der Waals surface area contributed by atoms with Crippen molar-refractivity contribution in [2.75, 3.05) is 11.9 Å². The molecule has 1 N–H and O–H groups in total. The fourth-order valence-electron chi connectivity index (χ4n) is 2.04. The molecule has 0 bridgehead atoms. The molecule has 4 nitrogen and oxygen atoms in total. The van der Waals surface area contributed by atoms with Crippen LogP contribution in [0.3, 0.4) is 0 Å². The highest BCUT2D eigenvalue weighted by molar-refractivity contribution is 7.22. The Morgan fingerprint density at radius 2 is 2.09 bits per heavy atom. The van der Waals surface area contributed by atoms with E-state index in [1.807, 2.05) is 19.1 Å². The van der Waals surface area contributed by atoms with Gasteiger partial charge in [-0.2, -0.15) is 0 Å². The first-order valence-electron chi connectivity index (χ1n) is 6.86. The third-order valence-corrected chi connectivity index (χ3v) is 4.53. The summed E-state index contributed by atoms with van der Waals surface area (Å²) >= 11 is 13.4. The minimum Gasteiger partial charge on any atom is -0.492 e. The lowest BCUT2D eigenvalue weighted by Crippen LogP contribution is -2.11. The minimum absolute atomic E-state index is 0.278. The Bertz CT molecular complexity index is 880. The molecule has 0 fully saturated rings. The number of halogens is 2. The summed E-state index contributed by atoms with van der Waals surface area (Å²) in [6, 6.07) is 10.3. The lowest BCUT2D eigenvalue weighted by atomic mass is 10.2. The number of amides is 1. The van der Waals surface area contributed by atoms with Gasteiger partial charge >= 0.3 is 0 Å². The highest BCUT2D eigenvalue weighted by atomic mass is 35.5.